The SMILES string of the molecule is Cc1cccc(C)c1-c1ccnc2cc(OC(C)C(=O)N3CCC[C@H](S(N)(=O)=O)C3)ccc12. The third-order valence-electron chi connectivity index (χ3n) is 6.28. The first kappa shape index (κ1) is 23.2. The summed E-state index contributed by atoms with van der Waals surface area (Å²) >= 11 is 0. The molecule has 1 aliphatic rings. The lowest BCUT2D eigenvalue weighted by atomic mass is 9.93. The van der Waals surface area contributed by atoms with Crippen LogP contribution in [-0.2, 0) is 14.8 Å². The lowest BCUT2D eigenvalue weighted by Gasteiger charge is -2.33. The maximum atomic E-state index is 12.9. The minimum atomic E-state index is -3.68. The number of ether oxygens (including phenoxy) is 1. The average Bonchev–Trinajstić information content (AvgIpc) is 2.78. The van der Waals surface area contributed by atoms with Gasteiger partial charge in [-0.25, -0.2) is 13.6 Å². The summed E-state index contributed by atoms with van der Waals surface area (Å²) < 4.78 is 29.4. The van der Waals surface area contributed by atoms with Gasteiger partial charge < -0.3 is 9.64 Å². The van der Waals surface area contributed by atoms with E-state index >= 15 is 0 Å². The van der Waals surface area contributed by atoms with Gasteiger partial charge in [0.1, 0.15) is 5.75 Å². The Hall–Kier alpha value is -2.97. The normalized spacial score (nSPS) is 17.7. The zero-order valence-corrected chi connectivity index (χ0v) is 19.9. The van der Waals surface area contributed by atoms with E-state index in [0.29, 0.717) is 25.1 Å². The van der Waals surface area contributed by atoms with Gasteiger partial charge in [-0.2, -0.15) is 0 Å². The molecule has 0 bridgehead atoms. The lowest BCUT2D eigenvalue weighted by Crippen LogP contribution is -2.50. The number of nitrogens with zero attached hydrogens (tertiary/aromatic N) is 2. The summed E-state index contributed by atoms with van der Waals surface area (Å²) in [5, 5.41) is 5.58. The number of carbonyl (C=O) groups excluding carboxylic acids is 1. The Morgan fingerprint density at radius 1 is 1.18 bits per heavy atom. The summed E-state index contributed by atoms with van der Waals surface area (Å²) in [7, 11) is -3.68. The van der Waals surface area contributed by atoms with Crippen LogP contribution in [0.15, 0.2) is 48.7 Å². The molecule has 0 spiro atoms. The van der Waals surface area contributed by atoms with Crippen molar-refractivity contribution in [3.8, 4) is 16.9 Å². The topological polar surface area (TPSA) is 103 Å². The van der Waals surface area contributed by atoms with Crippen molar-refractivity contribution >= 4 is 26.8 Å². The van der Waals surface area contributed by atoms with Crippen molar-refractivity contribution in [1.82, 2.24) is 9.88 Å². The molecule has 1 amide bonds. The molecule has 2 heterocycles. The van der Waals surface area contributed by atoms with Crippen LogP contribution in [0.3, 0.4) is 0 Å². The molecule has 174 valence electrons. The van der Waals surface area contributed by atoms with E-state index in [1.165, 1.54) is 21.6 Å². The van der Waals surface area contributed by atoms with Crippen LogP contribution in [0, 0.1) is 13.8 Å². The maximum Gasteiger partial charge on any atom is 0.263 e. The smallest absolute Gasteiger partial charge is 0.263 e. The summed E-state index contributed by atoms with van der Waals surface area (Å²) in [6, 6.07) is 13.9. The molecule has 4 rings (SSSR count). The summed E-state index contributed by atoms with van der Waals surface area (Å²) in [5.74, 6) is 0.287. The second-order valence-corrected chi connectivity index (χ2v) is 10.5. The van der Waals surface area contributed by atoms with Crippen LogP contribution in [0.2, 0.25) is 0 Å². The standard InChI is InChI=1S/C25H29N3O4S/c1-16-6-4-7-17(2)24(16)22-11-12-27-23-14-19(9-10-21(22)23)32-18(3)25(29)28-13-5-8-20(15-28)33(26,30)31/h4,6-7,9-12,14,18,20H,5,8,13,15H2,1-3H3,(H2,26,30,31)/t18?,20-/m0/s1. The molecule has 1 saturated heterocycles. The molecule has 0 radical (unpaired) electrons. The monoisotopic (exact) mass is 467 g/mol. The number of piperidine rings is 1. The molecule has 1 fully saturated rings. The number of hydrogen-bond acceptors (Lipinski definition) is 5. The Kier molecular flexibility index (Phi) is 6.41. The highest BCUT2D eigenvalue weighted by atomic mass is 32.2. The molecule has 0 aliphatic carbocycles. The number of rotatable bonds is 5. The molecule has 7 nitrogen and oxygen atoms in total. The van der Waals surface area contributed by atoms with E-state index in [-0.39, 0.29) is 12.5 Å². The molecule has 2 N–H and O–H groups in total. The first-order valence-corrected chi connectivity index (χ1v) is 12.7. The molecule has 33 heavy (non-hydrogen) atoms. The Morgan fingerprint density at radius 3 is 2.61 bits per heavy atom. The molecule has 0 saturated carbocycles. The van der Waals surface area contributed by atoms with Crippen LogP contribution in [0.1, 0.15) is 30.9 Å². The number of primary sulfonamides is 1. The third-order valence-corrected chi connectivity index (χ3v) is 7.59. The van der Waals surface area contributed by atoms with Crippen molar-refractivity contribution in [2.24, 2.45) is 5.14 Å². The maximum absolute atomic E-state index is 12.9. The number of benzene rings is 2. The van der Waals surface area contributed by atoms with Crippen molar-refractivity contribution in [3.63, 3.8) is 0 Å². The molecule has 2 aromatic carbocycles. The molecule has 1 unspecified atom stereocenters. The number of fused-ring (bicyclic) bond motifs is 1. The first-order chi connectivity index (χ1) is 15.6. The van der Waals surface area contributed by atoms with E-state index in [1.54, 1.807) is 13.1 Å². The molecular formula is C25H29N3O4S. The first-order valence-electron chi connectivity index (χ1n) is 11.1. The van der Waals surface area contributed by atoms with Gasteiger partial charge in [0.2, 0.25) is 10.0 Å². The number of aryl methyl sites for hydroxylation is 2. The number of likely N-dealkylation sites (tertiary alicyclic amines) is 1. The van der Waals surface area contributed by atoms with Crippen LogP contribution in [0.25, 0.3) is 22.0 Å². The van der Waals surface area contributed by atoms with Gasteiger partial charge in [0.05, 0.1) is 10.8 Å². The van der Waals surface area contributed by atoms with E-state index in [4.69, 9.17) is 9.88 Å². The van der Waals surface area contributed by atoms with Crippen molar-refractivity contribution in [2.75, 3.05) is 13.1 Å². The quantitative estimate of drug-likeness (QED) is 0.618. The van der Waals surface area contributed by atoms with Gasteiger partial charge >= 0.3 is 0 Å². The Morgan fingerprint density at radius 2 is 1.91 bits per heavy atom. The van der Waals surface area contributed by atoms with E-state index < -0.39 is 21.4 Å². The lowest BCUT2D eigenvalue weighted by molar-refractivity contribution is -0.138. The molecule has 1 aliphatic heterocycles. The Bertz CT molecular complexity index is 1290. The van der Waals surface area contributed by atoms with Crippen LogP contribution in [-0.4, -0.2) is 48.7 Å². The molecule has 1 aromatic heterocycles. The molecule has 2 atom stereocenters. The minimum absolute atomic E-state index is 0.101. The highest BCUT2D eigenvalue weighted by molar-refractivity contribution is 7.89. The van der Waals surface area contributed by atoms with E-state index in [9.17, 15) is 13.2 Å². The second-order valence-electron chi connectivity index (χ2n) is 8.70. The summed E-state index contributed by atoms with van der Waals surface area (Å²) in [6.07, 6.45) is 2.09. The van der Waals surface area contributed by atoms with Gasteiger partial charge in [-0.05, 0) is 74.1 Å². The van der Waals surface area contributed by atoms with Gasteiger partial charge in [-0.3, -0.25) is 9.78 Å². The predicted molar refractivity (Wildman–Crippen MR) is 129 cm³/mol. The molecule has 8 heteroatoms. The minimum Gasteiger partial charge on any atom is -0.481 e. The Labute approximate surface area is 194 Å². The van der Waals surface area contributed by atoms with E-state index in [2.05, 4.69) is 37.0 Å². The number of nitrogens with two attached hydrogens (primary N) is 1. The zero-order valence-electron chi connectivity index (χ0n) is 19.1. The fourth-order valence-electron chi connectivity index (χ4n) is 4.58. The van der Waals surface area contributed by atoms with Gasteiger partial charge in [0.15, 0.2) is 6.10 Å². The van der Waals surface area contributed by atoms with Crippen molar-refractivity contribution < 1.29 is 17.9 Å². The summed E-state index contributed by atoms with van der Waals surface area (Å²) in [5.41, 5.74) is 5.47. The fraction of sp³-hybridized carbons (Fsp3) is 0.360. The largest absolute Gasteiger partial charge is 0.481 e. The van der Waals surface area contributed by atoms with Crippen molar-refractivity contribution in [1.29, 1.82) is 0 Å². The Balaban J connectivity index is 1.56. The molecule has 3 aromatic rings. The van der Waals surface area contributed by atoms with E-state index in [1.807, 2.05) is 24.3 Å². The van der Waals surface area contributed by atoms with E-state index in [0.717, 1.165) is 16.5 Å². The van der Waals surface area contributed by atoms with Gasteiger partial charge in [-0.1, -0.05) is 18.2 Å². The summed E-state index contributed by atoms with van der Waals surface area (Å²) in [4.78, 5) is 18.9. The van der Waals surface area contributed by atoms with Gasteiger partial charge in [-0.15, -0.1) is 0 Å². The van der Waals surface area contributed by atoms with Crippen LogP contribution < -0.4 is 9.88 Å². The highest BCUT2D eigenvalue weighted by Crippen LogP contribution is 2.34. The second kappa shape index (κ2) is 9.11. The number of aromatic nitrogens is 1. The van der Waals surface area contributed by atoms with Crippen molar-refractivity contribution in [2.45, 2.75) is 45.0 Å². The number of hydrogen-bond donors (Lipinski definition) is 1. The third kappa shape index (κ3) is 4.86. The zero-order chi connectivity index (χ0) is 23.8. The average molecular weight is 468 g/mol. The van der Waals surface area contributed by atoms with Gasteiger partial charge in [0.25, 0.3) is 5.91 Å². The fourth-order valence-corrected chi connectivity index (χ4v) is 5.46. The predicted octanol–water partition coefficient (Wildman–Crippen LogP) is 3.57. The highest BCUT2D eigenvalue weighted by Gasteiger charge is 2.32. The number of carbonyl (C=O) groups is 1. The van der Waals surface area contributed by atoms with Crippen LogP contribution in [0.4, 0.5) is 0 Å². The number of sulfonamides is 1. The number of amides is 1. The molecular weight excluding hydrogens is 438 g/mol. The van der Waals surface area contributed by atoms with Crippen LogP contribution in [0.5, 0.6) is 5.75 Å². The van der Waals surface area contributed by atoms with Crippen LogP contribution >= 0.6 is 0 Å². The van der Waals surface area contributed by atoms with Gasteiger partial charge in [0, 0.05) is 30.7 Å². The number of pyridine rings is 1. The summed E-state index contributed by atoms with van der Waals surface area (Å²) in [6.45, 7) is 6.47. The van der Waals surface area contributed by atoms with Crippen molar-refractivity contribution in [3.05, 3.63) is 59.8 Å².